The molecule has 3 heterocycles. The minimum Gasteiger partial charge on any atom is -0.462 e. The van der Waals surface area contributed by atoms with Gasteiger partial charge in [-0.25, -0.2) is 0 Å². The van der Waals surface area contributed by atoms with Gasteiger partial charge in [0.1, 0.15) is 12.4 Å². The molecule has 3 aromatic rings. The van der Waals surface area contributed by atoms with Crippen LogP contribution in [0.3, 0.4) is 0 Å². The van der Waals surface area contributed by atoms with Crippen LogP contribution in [0.25, 0.3) is 10.9 Å². The van der Waals surface area contributed by atoms with Crippen LogP contribution in [-0.4, -0.2) is 80.6 Å². The van der Waals surface area contributed by atoms with Gasteiger partial charge in [-0.3, -0.25) is 4.90 Å². The second kappa shape index (κ2) is 10.1. The van der Waals surface area contributed by atoms with Crippen LogP contribution in [0.5, 0.6) is 6.01 Å². The Balaban J connectivity index is 1.39. The number of fused-ring (bicyclic) bond motifs is 1. The first-order chi connectivity index (χ1) is 15.8. The second-order valence-corrected chi connectivity index (χ2v) is 7.95. The number of anilines is 3. The molecule has 0 radical (unpaired) electrons. The van der Waals surface area contributed by atoms with Crippen LogP contribution in [0.2, 0.25) is 0 Å². The van der Waals surface area contributed by atoms with E-state index in [2.05, 4.69) is 33.3 Å². The summed E-state index contributed by atoms with van der Waals surface area (Å²) in [6, 6.07) is 16.8. The van der Waals surface area contributed by atoms with E-state index in [4.69, 9.17) is 24.2 Å². The molecule has 0 saturated carbocycles. The van der Waals surface area contributed by atoms with E-state index >= 15 is 0 Å². The van der Waals surface area contributed by atoms with E-state index in [0.717, 1.165) is 74.0 Å². The summed E-state index contributed by atoms with van der Waals surface area (Å²) in [6.45, 7) is 7.85. The van der Waals surface area contributed by atoms with Crippen molar-refractivity contribution in [2.75, 3.05) is 76.0 Å². The van der Waals surface area contributed by atoms with Gasteiger partial charge in [0.2, 0.25) is 0 Å². The van der Waals surface area contributed by atoms with Crippen molar-refractivity contribution in [1.82, 2.24) is 14.9 Å². The lowest BCUT2D eigenvalue weighted by atomic mass is 10.2. The number of rotatable bonds is 7. The number of nitrogens with zero attached hydrogens (tertiary/aromatic N) is 4. The average Bonchev–Trinajstić information content (AvgIpc) is 2.85. The monoisotopic (exact) mass is 435 g/mol. The lowest BCUT2D eigenvalue weighted by Crippen LogP contribution is -2.39. The summed E-state index contributed by atoms with van der Waals surface area (Å²) in [4.78, 5) is 14.1. The quantitative estimate of drug-likeness (QED) is 0.608. The fourth-order valence-corrected chi connectivity index (χ4v) is 4.03. The van der Waals surface area contributed by atoms with Crippen LogP contribution in [0.15, 0.2) is 48.5 Å². The Kier molecular flexibility index (Phi) is 6.62. The zero-order chi connectivity index (χ0) is 21.6. The molecule has 8 nitrogen and oxygen atoms in total. The normalized spacial score (nSPS) is 17.4. The molecule has 168 valence electrons. The summed E-state index contributed by atoms with van der Waals surface area (Å²) >= 11 is 0. The lowest BCUT2D eigenvalue weighted by Gasteiger charge is -2.29. The van der Waals surface area contributed by atoms with E-state index in [1.54, 1.807) is 0 Å². The maximum Gasteiger partial charge on any atom is 0.318 e. The minimum atomic E-state index is 0.427. The maximum absolute atomic E-state index is 6.00. The average molecular weight is 436 g/mol. The first kappa shape index (κ1) is 20.9. The van der Waals surface area contributed by atoms with Crippen molar-refractivity contribution in [2.24, 2.45) is 0 Å². The number of nitrogens with one attached hydrogen (secondary N) is 1. The molecule has 1 N–H and O–H groups in total. The Labute approximate surface area is 188 Å². The van der Waals surface area contributed by atoms with Crippen LogP contribution in [0.1, 0.15) is 0 Å². The van der Waals surface area contributed by atoms with Crippen molar-refractivity contribution in [2.45, 2.75) is 0 Å². The molecule has 0 aliphatic carbocycles. The van der Waals surface area contributed by atoms with E-state index in [-0.39, 0.29) is 0 Å². The summed E-state index contributed by atoms with van der Waals surface area (Å²) in [5, 5.41) is 4.47. The number of morpholine rings is 2. The van der Waals surface area contributed by atoms with Crippen LogP contribution >= 0.6 is 0 Å². The Morgan fingerprint density at radius 2 is 1.59 bits per heavy atom. The number of hydrogen-bond donors (Lipinski definition) is 1. The van der Waals surface area contributed by atoms with Gasteiger partial charge >= 0.3 is 6.01 Å². The number of para-hydroxylation sites is 1. The zero-order valence-corrected chi connectivity index (χ0v) is 18.2. The van der Waals surface area contributed by atoms with Gasteiger partial charge in [0, 0.05) is 49.5 Å². The Bertz CT molecular complexity index is 1020. The highest BCUT2D eigenvalue weighted by Gasteiger charge is 2.19. The summed E-state index contributed by atoms with van der Waals surface area (Å²) in [6.07, 6.45) is 0. The topological polar surface area (TPSA) is 72.0 Å². The van der Waals surface area contributed by atoms with E-state index in [1.165, 1.54) is 0 Å². The highest BCUT2D eigenvalue weighted by atomic mass is 16.5. The maximum atomic E-state index is 6.00. The number of benzene rings is 2. The lowest BCUT2D eigenvalue weighted by molar-refractivity contribution is 0.0317. The molecule has 0 amide bonds. The number of hydrogen-bond acceptors (Lipinski definition) is 8. The van der Waals surface area contributed by atoms with Crippen molar-refractivity contribution in [3.8, 4) is 6.01 Å². The molecule has 5 rings (SSSR count). The number of aromatic nitrogens is 2. The fourth-order valence-electron chi connectivity index (χ4n) is 4.03. The Morgan fingerprint density at radius 1 is 0.844 bits per heavy atom. The first-order valence-electron chi connectivity index (χ1n) is 11.2. The van der Waals surface area contributed by atoms with Gasteiger partial charge in [-0.05, 0) is 30.3 Å². The van der Waals surface area contributed by atoms with Gasteiger partial charge in [-0.1, -0.05) is 18.2 Å². The van der Waals surface area contributed by atoms with E-state index in [9.17, 15) is 0 Å². The molecule has 2 aliphatic rings. The summed E-state index contributed by atoms with van der Waals surface area (Å²) in [5.74, 6) is 0.899. The van der Waals surface area contributed by atoms with Gasteiger partial charge in [0.25, 0.3) is 0 Å². The molecular weight excluding hydrogens is 406 g/mol. The molecule has 32 heavy (non-hydrogen) atoms. The van der Waals surface area contributed by atoms with Crippen molar-refractivity contribution in [3.63, 3.8) is 0 Å². The molecule has 0 bridgehead atoms. The smallest absolute Gasteiger partial charge is 0.318 e. The molecule has 0 spiro atoms. The van der Waals surface area contributed by atoms with Gasteiger partial charge in [-0.2, -0.15) is 9.97 Å². The van der Waals surface area contributed by atoms with Crippen molar-refractivity contribution in [1.29, 1.82) is 0 Å². The Hall–Kier alpha value is -2.94. The summed E-state index contributed by atoms with van der Waals surface area (Å²) < 4.78 is 17.0. The standard InChI is InChI=1S/C24H29N5O3/c1-2-4-19(5-3-1)25-20-6-7-22-21(18-20)23(29-11-15-31-16-12-29)27-24(26-22)32-17-10-28-8-13-30-14-9-28/h1-7,18,25H,8-17H2. The summed E-state index contributed by atoms with van der Waals surface area (Å²) in [7, 11) is 0. The van der Waals surface area contributed by atoms with Crippen LogP contribution in [0, 0.1) is 0 Å². The second-order valence-electron chi connectivity index (χ2n) is 7.95. The predicted octanol–water partition coefficient (Wildman–Crippen LogP) is 2.92. The van der Waals surface area contributed by atoms with E-state index in [1.807, 2.05) is 30.3 Å². The molecule has 2 saturated heterocycles. The van der Waals surface area contributed by atoms with Crippen molar-refractivity contribution in [3.05, 3.63) is 48.5 Å². The van der Waals surface area contributed by atoms with Gasteiger partial charge < -0.3 is 24.4 Å². The van der Waals surface area contributed by atoms with E-state index < -0.39 is 0 Å². The highest BCUT2D eigenvalue weighted by molar-refractivity contribution is 5.93. The largest absolute Gasteiger partial charge is 0.462 e. The highest BCUT2D eigenvalue weighted by Crippen LogP contribution is 2.30. The SMILES string of the molecule is c1ccc(Nc2ccc3nc(OCCN4CCOCC4)nc(N4CCOCC4)c3c2)cc1. The number of ether oxygens (including phenoxy) is 3. The van der Waals surface area contributed by atoms with Crippen LogP contribution < -0.4 is 15.0 Å². The van der Waals surface area contributed by atoms with Crippen molar-refractivity contribution < 1.29 is 14.2 Å². The van der Waals surface area contributed by atoms with Gasteiger partial charge in [-0.15, -0.1) is 0 Å². The third-order valence-corrected chi connectivity index (χ3v) is 5.77. The molecule has 2 aromatic carbocycles. The van der Waals surface area contributed by atoms with Gasteiger partial charge in [0.15, 0.2) is 0 Å². The molecule has 2 fully saturated rings. The first-order valence-corrected chi connectivity index (χ1v) is 11.2. The molecule has 8 heteroatoms. The van der Waals surface area contributed by atoms with Crippen molar-refractivity contribution >= 4 is 28.1 Å². The molecule has 2 aliphatic heterocycles. The third kappa shape index (κ3) is 5.09. The van der Waals surface area contributed by atoms with Crippen LogP contribution in [-0.2, 0) is 9.47 Å². The Morgan fingerprint density at radius 3 is 2.38 bits per heavy atom. The van der Waals surface area contributed by atoms with Gasteiger partial charge in [0.05, 0.1) is 31.9 Å². The summed E-state index contributed by atoms with van der Waals surface area (Å²) in [5.41, 5.74) is 2.92. The molecular formula is C24H29N5O3. The zero-order valence-electron chi connectivity index (χ0n) is 18.2. The van der Waals surface area contributed by atoms with E-state index in [0.29, 0.717) is 25.8 Å². The fraction of sp³-hybridized carbons (Fsp3) is 0.417. The third-order valence-electron chi connectivity index (χ3n) is 5.77. The molecule has 0 unspecified atom stereocenters. The molecule has 1 aromatic heterocycles. The van der Waals surface area contributed by atoms with Crippen LogP contribution in [0.4, 0.5) is 17.2 Å². The predicted molar refractivity (Wildman–Crippen MR) is 125 cm³/mol. The minimum absolute atomic E-state index is 0.427. The molecule has 0 atom stereocenters.